The molecule has 0 spiro atoms. The number of cyclic esters (lactones) is 2. The zero-order chi connectivity index (χ0) is 16.5. The summed E-state index contributed by atoms with van der Waals surface area (Å²) in [5.74, 6) is -0.349. The van der Waals surface area contributed by atoms with Gasteiger partial charge in [0.2, 0.25) is 0 Å². The summed E-state index contributed by atoms with van der Waals surface area (Å²) in [6.45, 7) is 0.809. The Morgan fingerprint density at radius 2 is 0.833 bits per heavy atom. The molecular weight excluding hydrogens is 304 g/mol. The van der Waals surface area contributed by atoms with Crippen LogP contribution in [0.1, 0.15) is 81.5 Å². The molecule has 1 aromatic carbocycles. The van der Waals surface area contributed by atoms with E-state index in [0.717, 1.165) is 97.6 Å². The molecule has 0 fully saturated rings. The van der Waals surface area contributed by atoms with Crippen molar-refractivity contribution < 1.29 is 19.1 Å². The number of rotatable bonds is 0. The topological polar surface area (TPSA) is 52.6 Å². The average molecular weight is 328 g/mol. The van der Waals surface area contributed by atoms with Crippen molar-refractivity contribution in [1.29, 1.82) is 0 Å². The highest BCUT2D eigenvalue weighted by Gasteiger charge is 2.33. The number of carbonyl (C=O) groups is 2. The summed E-state index contributed by atoms with van der Waals surface area (Å²) in [7, 11) is 0. The molecule has 4 rings (SSSR count). The van der Waals surface area contributed by atoms with Gasteiger partial charge in [-0.1, -0.05) is 0 Å². The lowest BCUT2D eigenvalue weighted by molar-refractivity contribution is 0.0421. The first-order chi connectivity index (χ1) is 11.8. The monoisotopic (exact) mass is 328 g/mol. The van der Waals surface area contributed by atoms with Crippen LogP contribution < -0.4 is 0 Å². The van der Waals surface area contributed by atoms with E-state index >= 15 is 0 Å². The van der Waals surface area contributed by atoms with Crippen LogP contribution in [0.3, 0.4) is 0 Å². The van der Waals surface area contributed by atoms with Crippen LogP contribution in [-0.2, 0) is 35.2 Å². The van der Waals surface area contributed by atoms with Gasteiger partial charge in [-0.25, -0.2) is 9.59 Å². The van der Waals surface area contributed by atoms with Gasteiger partial charge in [-0.2, -0.15) is 0 Å². The third-order valence-electron chi connectivity index (χ3n) is 5.56. The fraction of sp³-hybridized carbons (Fsp3) is 0.600. The van der Waals surface area contributed by atoms with Gasteiger partial charge < -0.3 is 9.47 Å². The van der Waals surface area contributed by atoms with E-state index in [-0.39, 0.29) is 11.9 Å². The number of fused-ring (bicyclic) bond motifs is 3. The van der Waals surface area contributed by atoms with E-state index in [1.807, 2.05) is 0 Å². The Hall–Kier alpha value is -1.84. The Kier molecular flexibility index (Phi) is 4.30. The van der Waals surface area contributed by atoms with Gasteiger partial charge in [-0.15, -0.1) is 0 Å². The molecule has 2 bridgehead atoms. The first-order valence-corrected chi connectivity index (χ1v) is 9.31. The molecule has 0 radical (unpaired) electrons. The third kappa shape index (κ3) is 2.62. The van der Waals surface area contributed by atoms with E-state index in [0.29, 0.717) is 13.2 Å². The lowest BCUT2D eigenvalue weighted by Gasteiger charge is -2.30. The maximum atomic E-state index is 12.8. The number of hydrogen-bond acceptors (Lipinski definition) is 4. The van der Waals surface area contributed by atoms with Gasteiger partial charge in [0.1, 0.15) is 0 Å². The van der Waals surface area contributed by atoms with Crippen LogP contribution in [0.4, 0.5) is 0 Å². The molecule has 4 heteroatoms. The zero-order valence-corrected chi connectivity index (χ0v) is 14.1. The van der Waals surface area contributed by atoms with Crippen molar-refractivity contribution in [2.45, 2.75) is 64.2 Å². The highest BCUT2D eigenvalue weighted by Crippen LogP contribution is 2.38. The average Bonchev–Trinajstić information content (AvgIpc) is 2.60. The first-order valence-electron chi connectivity index (χ1n) is 9.31. The molecule has 0 aromatic heterocycles. The van der Waals surface area contributed by atoms with Gasteiger partial charge in [0.25, 0.3) is 0 Å². The van der Waals surface area contributed by atoms with Crippen LogP contribution >= 0.6 is 0 Å². The van der Waals surface area contributed by atoms with Crippen LogP contribution in [0, 0.1) is 0 Å². The van der Waals surface area contributed by atoms with Crippen molar-refractivity contribution in [3.8, 4) is 0 Å². The molecule has 2 aliphatic carbocycles. The fourth-order valence-electron chi connectivity index (χ4n) is 4.45. The summed E-state index contributed by atoms with van der Waals surface area (Å²) in [5, 5.41) is 0. The van der Waals surface area contributed by atoms with Crippen molar-refractivity contribution in [3.63, 3.8) is 0 Å². The van der Waals surface area contributed by atoms with Gasteiger partial charge in [-0.05, 0) is 86.5 Å². The minimum absolute atomic E-state index is 0.174. The Labute approximate surface area is 142 Å². The van der Waals surface area contributed by atoms with Gasteiger partial charge in [0, 0.05) is 0 Å². The summed E-state index contributed by atoms with van der Waals surface area (Å²) in [4.78, 5) is 25.6. The molecule has 0 saturated heterocycles. The molecule has 0 unspecified atom stereocenters. The normalized spacial score (nSPS) is 21.0. The predicted octanol–water partition coefficient (Wildman–Crippen LogP) is 3.55. The minimum Gasteiger partial charge on any atom is -0.462 e. The molecule has 1 aromatic rings. The van der Waals surface area contributed by atoms with Crippen molar-refractivity contribution >= 4 is 11.9 Å². The van der Waals surface area contributed by atoms with E-state index in [1.165, 1.54) is 0 Å². The number of esters is 2. The summed E-state index contributed by atoms with van der Waals surface area (Å²) >= 11 is 0. The van der Waals surface area contributed by atoms with Crippen LogP contribution in [-0.4, -0.2) is 25.2 Å². The molecule has 1 aliphatic heterocycles. The summed E-state index contributed by atoms with van der Waals surface area (Å²) < 4.78 is 11.1. The Morgan fingerprint density at radius 3 is 1.17 bits per heavy atom. The van der Waals surface area contributed by atoms with E-state index < -0.39 is 0 Å². The van der Waals surface area contributed by atoms with Crippen molar-refractivity contribution in [2.75, 3.05) is 13.2 Å². The molecular formula is C20H24O4. The maximum absolute atomic E-state index is 12.8. The van der Waals surface area contributed by atoms with Gasteiger partial charge in [0.05, 0.1) is 24.3 Å². The maximum Gasteiger partial charge on any atom is 0.338 e. The summed E-state index contributed by atoms with van der Waals surface area (Å²) in [6, 6.07) is 0. The molecule has 0 atom stereocenters. The van der Waals surface area contributed by atoms with Gasteiger partial charge in [0.15, 0.2) is 0 Å². The number of hydrogen-bond donors (Lipinski definition) is 0. The highest BCUT2D eigenvalue weighted by atomic mass is 16.5. The van der Waals surface area contributed by atoms with Gasteiger partial charge >= 0.3 is 11.9 Å². The Morgan fingerprint density at radius 1 is 0.500 bits per heavy atom. The smallest absolute Gasteiger partial charge is 0.338 e. The van der Waals surface area contributed by atoms with Crippen molar-refractivity contribution in [2.24, 2.45) is 0 Å². The Balaban J connectivity index is 1.98. The molecule has 0 saturated carbocycles. The minimum atomic E-state index is -0.174. The van der Waals surface area contributed by atoms with Crippen LogP contribution in [0.5, 0.6) is 0 Å². The molecule has 4 nitrogen and oxygen atoms in total. The third-order valence-corrected chi connectivity index (χ3v) is 5.56. The zero-order valence-electron chi connectivity index (χ0n) is 14.1. The van der Waals surface area contributed by atoms with Crippen LogP contribution in [0.25, 0.3) is 0 Å². The fourth-order valence-corrected chi connectivity index (χ4v) is 4.45. The molecule has 1 heterocycles. The van der Waals surface area contributed by atoms with E-state index in [1.54, 1.807) is 0 Å². The summed E-state index contributed by atoms with van der Waals surface area (Å²) in [6.07, 6.45) is 9.22. The van der Waals surface area contributed by atoms with E-state index in [2.05, 4.69) is 0 Å². The SMILES string of the molecule is O=C1OCCCCOC(=O)c2c3c(c1c1c2CCCC1)CCCC3. The molecule has 3 aliphatic rings. The van der Waals surface area contributed by atoms with E-state index in [4.69, 9.17) is 9.47 Å². The lowest BCUT2D eigenvalue weighted by Crippen LogP contribution is -2.26. The Bertz CT molecular complexity index is 593. The second-order valence-electron chi connectivity index (χ2n) is 7.06. The van der Waals surface area contributed by atoms with Crippen LogP contribution in [0.15, 0.2) is 0 Å². The first kappa shape index (κ1) is 15.7. The van der Waals surface area contributed by atoms with Crippen molar-refractivity contribution in [1.82, 2.24) is 0 Å². The molecule has 0 N–H and O–H groups in total. The molecule has 24 heavy (non-hydrogen) atoms. The molecule has 128 valence electrons. The molecule has 0 amide bonds. The van der Waals surface area contributed by atoms with Crippen molar-refractivity contribution in [3.05, 3.63) is 33.4 Å². The second-order valence-corrected chi connectivity index (χ2v) is 7.06. The predicted molar refractivity (Wildman–Crippen MR) is 89.5 cm³/mol. The number of benzene rings is 1. The number of carbonyl (C=O) groups excluding carboxylic acids is 2. The lowest BCUT2D eigenvalue weighted by atomic mass is 9.75. The number of ether oxygens (including phenoxy) is 2. The second kappa shape index (κ2) is 6.58. The summed E-state index contributed by atoms with van der Waals surface area (Å²) in [5.41, 5.74) is 5.85. The standard InChI is InChI=1S/C20H24O4/c21-19-17-13-7-1-2-8-14(13)18(16-10-4-3-9-15(16)17)20(22)24-12-6-5-11-23-19/h1-12H2. The largest absolute Gasteiger partial charge is 0.462 e. The van der Waals surface area contributed by atoms with E-state index in [9.17, 15) is 9.59 Å². The van der Waals surface area contributed by atoms with Crippen LogP contribution in [0.2, 0.25) is 0 Å². The highest BCUT2D eigenvalue weighted by molar-refractivity contribution is 6.00. The van der Waals surface area contributed by atoms with Gasteiger partial charge in [-0.3, -0.25) is 0 Å². The quantitative estimate of drug-likeness (QED) is 0.684.